The Morgan fingerprint density at radius 2 is 2.50 bits per heavy atom. The van der Waals surface area contributed by atoms with Gasteiger partial charge in [-0.2, -0.15) is 0 Å². The molecule has 3 heteroatoms. The lowest BCUT2D eigenvalue weighted by molar-refractivity contribution is 0.0853. The average Bonchev–Trinajstić information content (AvgIpc) is 2.40. The Balaban J connectivity index is 2.11. The van der Waals surface area contributed by atoms with Crippen LogP contribution in [0.15, 0.2) is 0 Å². The molecule has 1 rings (SSSR count). The molecule has 0 aromatic carbocycles. The van der Waals surface area contributed by atoms with Gasteiger partial charge in [0.15, 0.2) is 0 Å². The van der Waals surface area contributed by atoms with Crippen molar-refractivity contribution in [2.75, 3.05) is 11.9 Å². The molecule has 0 spiro atoms. The summed E-state index contributed by atoms with van der Waals surface area (Å²) in [5, 5.41) is 0.437. The van der Waals surface area contributed by atoms with E-state index in [1.54, 1.807) is 0 Å². The Hall–Kier alpha value is 0.370. The summed E-state index contributed by atoms with van der Waals surface area (Å²) >= 11 is 3.09. The summed E-state index contributed by atoms with van der Waals surface area (Å²) in [5.74, 6) is 0. The Labute approximate surface area is 69.1 Å². The lowest BCUT2D eigenvalue weighted by Crippen LogP contribution is -2.14. The molecule has 10 heavy (non-hydrogen) atoms. The van der Waals surface area contributed by atoms with E-state index in [4.69, 9.17) is 4.74 Å². The van der Waals surface area contributed by atoms with Crippen molar-refractivity contribution in [1.82, 2.24) is 0 Å². The molecule has 1 nitrogen and oxygen atoms in total. The zero-order valence-electron chi connectivity index (χ0n) is 5.85. The molecular formula is C7H12BrFO. The number of alkyl halides is 2. The fraction of sp³-hybridized carbons (Fsp3) is 1.00. The van der Waals surface area contributed by atoms with E-state index in [-0.39, 0.29) is 6.10 Å². The molecule has 0 radical (unpaired) electrons. The molecule has 0 aromatic heterocycles. The van der Waals surface area contributed by atoms with Gasteiger partial charge in [0.05, 0.1) is 6.10 Å². The highest BCUT2D eigenvalue weighted by Gasteiger charge is 2.19. The van der Waals surface area contributed by atoms with Crippen LogP contribution in [0.4, 0.5) is 4.39 Å². The normalized spacial score (nSPS) is 28.8. The second kappa shape index (κ2) is 4.29. The van der Waals surface area contributed by atoms with E-state index in [9.17, 15) is 4.39 Å². The molecule has 0 bridgehead atoms. The van der Waals surface area contributed by atoms with Gasteiger partial charge in [-0.15, -0.1) is 0 Å². The summed E-state index contributed by atoms with van der Waals surface area (Å²) < 4.78 is 17.9. The maximum atomic E-state index is 12.7. The van der Waals surface area contributed by atoms with Crippen LogP contribution in [-0.4, -0.2) is 24.2 Å². The van der Waals surface area contributed by atoms with Crippen molar-refractivity contribution in [1.29, 1.82) is 0 Å². The third-order valence-corrected chi connectivity index (χ3v) is 2.41. The van der Waals surface area contributed by atoms with Gasteiger partial charge in [0.2, 0.25) is 0 Å². The van der Waals surface area contributed by atoms with E-state index >= 15 is 0 Å². The Morgan fingerprint density at radius 3 is 3.00 bits per heavy atom. The number of rotatable bonds is 3. The van der Waals surface area contributed by atoms with Crippen molar-refractivity contribution < 1.29 is 9.13 Å². The van der Waals surface area contributed by atoms with Crippen LogP contribution in [0.5, 0.6) is 0 Å². The van der Waals surface area contributed by atoms with Gasteiger partial charge in [-0.25, -0.2) is 4.39 Å². The largest absolute Gasteiger partial charge is 0.378 e. The third-order valence-electron chi connectivity index (χ3n) is 1.71. The predicted octanol–water partition coefficient (Wildman–Crippen LogP) is 2.29. The topological polar surface area (TPSA) is 9.23 Å². The minimum absolute atomic E-state index is 0.188. The maximum Gasteiger partial charge on any atom is 0.112 e. The zero-order valence-corrected chi connectivity index (χ0v) is 7.44. The first kappa shape index (κ1) is 8.47. The summed E-state index contributed by atoms with van der Waals surface area (Å²) in [6.07, 6.45) is 2.15. The van der Waals surface area contributed by atoms with Crippen LogP contribution < -0.4 is 0 Å². The summed E-state index contributed by atoms with van der Waals surface area (Å²) in [6.45, 7) is 0.819. The molecular weight excluding hydrogens is 199 g/mol. The van der Waals surface area contributed by atoms with Gasteiger partial charge in [-0.3, -0.25) is 0 Å². The first-order valence-corrected chi connectivity index (χ1v) is 4.76. The van der Waals surface area contributed by atoms with Crippen molar-refractivity contribution >= 4 is 15.9 Å². The van der Waals surface area contributed by atoms with Crippen molar-refractivity contribution in [3.05, 3.63) is 0 Å². The minimum Gasteiger partial charge on any atom is -0.378 e. The van der Waals surface area contributed by atoms with Gasteiger partial charge in [-0.1, -0.05) is 15.9 Å². The second-order valence-electron chi connectivity index (χ2n) is 2.62. The van der Waals surface area contributed by atoms with Crippen LogP contribution in [0.1, 0.15) is 19.3 Å². The average molecular weight is 211 g/mol. The van der Waals surface area contributed by atoms with Crippen LogP contribution in [0, 0.1) is 0 Å². The Kier molecular flexibility index (Phi) is 3.63. The number of hydrogen-bond donors (Lipinski definition) is 0. The molecule has 1 aliphatic heterocycles. The van der Waals surface area contributed by atoms with Crippen LogP contribution in [0.3, 0.4) is 0 Å². The highest BCUT2D eigenvalue weighted by atomic mass is 79.9. The Morgan fingerprint density at radius 1 is 1.70 bits per heavy atom. The summed E-state index contributed by atoms with van der Waals surface area (Å²) in [5.41, 5.74) is 0. The third kappa shape index (κ3) is 2.54. The van der Waals surface area contributed by atoms with Gasteiger partial charge in [0.1, 0.15) is 6.17 Å². The van der Waals surface area contributed by atoms with Gasteiger partial charge in [0.25, 0.3) is 0 Å². The molecule has 0 aromatic rings. The quantitative estimate of drug-likeness (QED) is 0.650. The van der Waals surface area contributed by atoms with Crippen molar-refractivity contribution in [2.24, 2.45) is 0 Å². The number of ether oxygens (including phenoxy) is 1. The molecule has 0 unspecified atom stereocenters. The van der Waals surface area contributed by atoms with Crippen molar-refractivity contribution in [3.63, 3.8) is 0 Å². The molecule has 1 heterocycles. The molecule has 1 saturated heterocycles. The molecule has 0 amide bonds. The molecule has 0 aliphatic carbocycles. The van der Waals surface area contributed by atoms with Gasteiger partial charge in [0, 0.05) is 18.4 Å². The summed E-state index contributed by atoms with van der Waals surface area (Å²) in [6, 6.07) is 0. The monoisotopic (exact) mass is 210 g/mol. The van der Waals surface area contributed by atoms with E-state index in [0.29, 0.717) is 11.8 Å². The van der Waals surface area contributed by atoms with Gasteiger partial charge >= 0.3 is 0 Å². The molecule has 2 atom stereocenters. The van der Waals surface area contributed by atoms with Crippen LogP contribution in [0.2, 0.25) is 0 Å². The van der Waals surface area contributed by atoms with Crippen LogP contribution >= 0.6 is 15.9 Å². The highest BCUT2D eigenvalue weighted by molar-refractivity contribution is 9.09. The summed E-state index contributed by atoms with van der Waals surface area (Å²) in [4.78, 5) is 0. The molecule has 60 valence electrons. The standard InChI is InChI=1S/C7H12BrFO/c8-5-6(9)4-7-2-1-3-10-7/h6-7H,1-5H2/t6-,7-/m1/s1. The minimum atomic E-state index is -0.733. The SMILES string of the molecule is F[C@@H](CBr)C[C@H]1CCCO1. The molecule has 1 fully saturated rings. The molecule has 0 N–H and O–H groups in total. The van der Waals surface area contributed by atoms with E-state index in [0.717, 1.165) is 19.4 Å². The first-order chi connectivity index (χ1) is 4.83. The van der Waals surface area contributed by atoms with Crippen molar-refractivity contribution in [3.8, 4) is 0 Å². The van der Waals surface area contributed by atoms with E-state index in [1.165, 1.54) is 0 Å². The van der Waals surface area contributed by atoms with Gasteiger partial charge in [-0.05, 0) is 12.8 Å². The number of hydrogen-bond acceptors (Lipinski definition) is 1. The Bertz CT molecular complexity index is 93.6. The second-order valence-corrected chi connectivity index (χ2v) is 3.27. The van der Waals surface area contributed by atoms with Crippen LogP contribution in [0.25, 0.3) is 0 Å². The lowest BCUT2D eigenvalue weighted by atomic mass is 10.1. The van der Waals surface area contributed by atoms with E-state index in [2.05, 4.69) is 15.9 Å². The van der Waals surface area contributed by atoms with Crippen LogP contribution in [-0.2, 0) is 4.74 Å². The van der Waals surface area contributed by atoms with E-state index < -0.39 is 6.17 Å². The summed E-state index contributed by atoms with van der Waals surface area (Å²) in [7, 11) is 0. The fourth-order valence-electron chi connectivity index (χ4n) is 1.18. The maximum absolute atomic E-state index is 12.7. The smallest absolute Gasteiger partial charge is 0.112 e. The van der Waals surface area contributed by atoms with E-state index in [1.807, 2.05) is 0 Å². The van der Waals surface area contributed by atoms with Crippen molar-refractivity contribution in [2.45, 2.75) is 31.5 Å². The molecule has 1 aliphatic rings. The fourth-order valence-corrected chi connectivity index (χ4v) is 1.44. The highest BCUT2D eigenvalue weighted by Crippen LogP contribution is 2.18. The zero-order chi connectivity index (χ0) is 7.40. The lowest BCUT2D eigenvalue weighted by Gasteiger charge is -2.10. The molecule has 0 saturated carbocycles. The predicted molar refractivity (Wildman–Crippen MR) is 42.3 cm³/mol. The number of halogens is 2. The first-order valence-electron chi connectivity index (χ1n) is 3.64. The van der Waals surface area contributed by atoms with Gasteiger partial charge < -0.3 is 4.74 Å².